The number of ether oxygens (including phenoxy) is 1. The first-order valence-corrected chi connectivity index (χ1v) is 8.71. The molecule has 1 aromatic carbocycles. The van der Waals surface area contributed by atoms with Crippen molar-refractivity contribution in [2.75, 3.05) is 6.61 Å². The molecular formula is C15H17BrCl2O. The molecule has 0 saturated heterocycles. The molecule has 2 saturated carbocycles. The van der Waals surface area contributed by atoms with Crippen LogP contribution in [0.1, 0.15) is 31.2 Å². The average molecular weight is 364 g/mol. The smallest absolute Gasteiger partial charge is 0.142 e. The van der Waals surface area contributed by atoms with E-state index in [4.69, 9.17) is 27.9 Å². The molecule has 19 heavy (non-hydrogen) atoms. The lowest BCUT2D eigenvalue weighted by Crippen LogP contribution is -2.19. The molecule has 2 bridgehead atoms. The van der Waals surface area contributed by atoms with Gasteiger partial charge in [0.05, 0.1) is 11.6 Å². The SMILES string of the molecule is Clc1cc(Cl)c(OCC2CC3CCC2C3)c(CBr)c1. The molecule has 4 heteroatoms. The maximum Gasteiger partial charge on any atom is 0.142 e. The predicted octanol–water partition coefficient (Wildman–Crippen LogP) is 5.70. The standard InChI is InChI=1S/C15H17BrCl2O/c16-7-11-5-13(17)6-14(18)15(11)19-8-12-4-9-1-2-10(12)3-9/h5-6,9-10,12H,1-4,7-8H2. The zero-order chi connectivity index (χ0) is 13.4. The van der Waals surface area contributed by atoms with Gasteiger partial charge in [-0.1, -0.05) is 45.6 Å². The minimum Gasteiger partial charge on any atom is -0.491 e. The van der Waals surface area contributed by atoms with Crippen molar-refractivity contribution in [1.82, 2.24) is 0 Å². The molecule has 0 spiro atoms. The molecule has 3 rings (SSSR count). The van der Waals surface area contributed by atoms with Crippen molar-refractivity contribution >= 4 is 39.1 Å². The number of fused-ring (bicyclic) bond motifs is 2. The number of alkyl halides is 1. The molecule has 2 aliphatic carbocycles. The van der Waals surface area contributed by atoms with Crippen molar-refractivity contribution in [3.05, 3.63) is 27.7 Å². The van der Waals surface area contributed by atoms with Crippen LogP contribution in [0.2, 0.25) is 10.0 Å². The second-order valence-corrected chi connectivity index (χ2v) is 7.16. The van der Waals surface area contributed by atoms with Crippen LogP contribution in [0, 0.1) is 17.8 Å². The van der Waals surface area contributed by atoms with E-state index in [1.165, 1.54) is 25.7 Å². The van der Waals surface area contributed by atoms with Crippen molar-refractivity contribution in [1.29, 1.82) is 0 Å². The van der Waals surface area contributed by atoms with E-state index in [-0.39, 0.29) is 0 Å². The van der Waals surface area contributed by atoms with Gasteiger partial charge < -0.3 is 4.74 Å². The van der Waals surface area contributed by atoms with Crippen LogP contribution in [-0.2, 0) is 5.33 Å². The number of hydrogen-bond donors (Lipinski definition) is 0. The van der Waals surface area contributed by atoms with Gasteiger partial charge in [-0.25, -0.2) is 0 Å². The third-order valence-corrected chi connectivity index (χ3v) is 5.66. The van der Waals surface area contributed by atoms with Crippen LogP contribution in [0.3, 0.4) is 0 Å². The van der Waals surface area contributed by atoms with Gasteiger partial charge in [-0.2, -0.15) is 0 Å². The Balaban J connectivity index is 1.69. The normalized spacial score (nSPS) is 28.9. The zero-order valence-corrected chi connectivity index (χ0v) is 13.8. The maximum atomic E-state index is 6.25. The second kappa shape index (κ2) is 5.83. The van der Waals surface area contributed by atoms with Crippen LogP contribution in [0.4, 0.5) is 0 Å². The molecule has 2 fully saturated rings. The molecule has 0 N–H and O–H groups in total. The minimum absolute atomic E-state index is 0.616. The molecule has 0 radical (unpaired) electrons. The highest BCUT2D eigenvalue weighted by atomic mass is 79.9. The molecule has 0 aliphatic heterocycles. The second-order valence-electron chi connectivity index (χ2n) is 5.76. The first-order chi connectivity index (χ1) is 9.17. The average Bonchev–Trinajstić information content (AvgIpc) is 2.99. The van der Waals surface area contributed by atoms with Gasteiger partial charge in [0.25, 0.3) is 0 Å². The Bertz CT molecular complexity index is 477. The molecular weight excluding hydrogens is 347 g/mol. The molecule has 0 heterocycles. The summed E-state index contributed by atoms with van der Waals surface area (Å²) in [6.07, 6.45) is 5.56. The topological polar surface area (TPSA) is 9.23 Å². The largest absolute Gasteiger partial charge is 0.491 e. The van der Waals surface area contributed by atoms with E-state index in [0.717, 1.165) is 29.8 Å². The van der Waals surface area contributed by atoms with Crippen LogP contribution in [-0.4, -0.2) is 6.61 Å². The van der Waals surface area contributed by atoms with Crippen molar-refractivity contribution in [2.24, 2.45) is 17.8 Å². The summed E-state index contributed by atoms with van der Waals surface area (Å²) in [5.74, 6) is 3.35. The molecule has 0 aromatic heterocycles. The highest BCUT2D eigenvalue weighted by Crippen LogP contribution is 2.48. The third kappa shape index (κ3) is 2.91. The quantitative estimate of drug-likeness (QED) is 0.623. The van der Waals surface area contributed by atoms with Crippen LogP contribution >= 0.6 is 39.1 Å². The first kappa shape index (κ1) is 14.0. The Kier molecular flexibility index (Phi) is 4.31. The van der Waals surface area contributed by atoms with E-state index in [0.29, 0.717) is 21.3 Å². The van der Waals surface area contributed by atoms with E-state index in [2.05, 4.69) is 15.9 Å². The molecule has 1 aromatic rings. The Morgan fingerprint density at radius 3 is 2.68 bits per heavy atom. The summed E-state index contributed by atoms with van der Waals surface area (Å²) in [5.41, 5.74) is 1.03. The van der Waals surface area contributed by atoms with Crippen LogP contribution < -0.4 is 4.74 Å². The van der Waals surface area contributed by atoms with E-state index in [9.17, 15) is 0 Å². The lowest BCUT2D eigenvalue weighted by molar-refractivity contribution is 0.194. The van der Waals surface area contributed by atoms with E-state index in [1.54, 1.807) is 6.07 Å². The lowest BCUT2D eigenvalue weighted by Gasteiger charge is -2.23. The fraction of sp³-hybridized carbons (Fsp3) is 0.600. The van der Waals surface area contributed by atoms with Gasteiger partial charge in [-0.05, 0) is 49.1 Å². The Morgan fingerprint density at radius 1 is 1.21 bits per heavy atom. The number of benzene rings is 1. The van der Waals surface area contributed by atoms with Gasteiger partial charge in [-0.15, -0.1) is 0 Å². The Hall–Kier alpha value is 0.0800. The summed E-state index contributed by atoms with van der Waals surface area (Å²) < 4.78 is 6.03. The summed E-state index contributed by atoms with van der Waals surface area (Å²) in [7, 11) is 0. The molecule has 104 valence electrons. The van der Waals surface area contributed by atoms with Gasteiger partial charge in [0.1, 0.15) is 5.75 Å². The van der Waals surface area contributed by atoms with Gasteiger partial charge >= 0.3 is 0 Å². The van der Waals surface area contributed by atoms with Crippen molar-refractivity contribution in [3.8, 4) is 5.75 Å². The lowest BCUT2D eigenvalue weighted by atomic mass is 9.89. The van der Waals surface area contributed by atoms with Gasteiger partial charge in [0.2, 0.25) is 0 Å². The molecule has 1 nitrogen and oxygen atoms in total. The number of hydrogen-bond acceptors (Lipinski definition) is 1. The molecule has 3 unspecified atom stereocenters. The summed E-state index contributed by atoms with van der Waals surface area (Å²) in [6, 6.07) is 3.67. The maximum absolute atomic E-state index is 6.25. The van der Waals surface area contributed by atoms with Gasteiger partial charge in [-0.3, -0.25) is 0 Å². The first-order valence-electron chi connectivity index (χ1n) is 6.84. The van der Waals surface area contributed by atoms with Crippen molar-refractivity contribution in [3.63, 3.8) is 0 Å². The summed E-state index contributed by atoms with van der Waals surface area (Å²) in [6.45, 7) is 0.794. The summed E-state index contributed by atoms with van der Waals surface area (Å²) >= 11 is 15.7. The predicted molar refractivity (Wildman–Crippen MR) is 83.5 cm³/mol. The highest BCUT2D eigenvalue weighted by molar-refractivity contribution is 9.08. The number of rotatable bonds is 4. The van der Waals surface area contributed by atoms with E-state index in [1.807, 2.05) is 6.07 Å². The summed E-state index contributed by atoms with van der Waals surface area (Å²) in [4.78, 5) is 0. The molecule has 3 atom stereocenters. The van der Waals surface area contributed by atoms with E-state index < -0.39 is 0 Å². The monoisotopic (exact) mass is 362 g/mol. The van der Waals surface area contributed by atoms with E-state index >= 15 is 0 Å². The Morgan fingerprint density at radius 2 is 2.05 bits per heavy atom. The molecule has 0 amide bonds. The van der Waals surface area contributed by atoms with Crippen LogP contribution in [0.25, 0.3) is 0 Å². The van der Waals surface area contributed by atoms with Crippen LogP contribution in [0.15, 0.2) is 12.1 Å². The summed E-state index contributed by atoms with van der Waals surface area (Å²) in [5, 5.41) is 1.98. The van der Waals surface area contributed by atoms with Gasteiger partial charge in [0, 0.05) is 15.9 Å². The van der Waals surface area contributed by atoms with Crippen LogP contribution in [0.5, 0.6) is 5.75 Å². The molecule has 2 aliphatic rings. The fourth-order valence-electron chi connectivity index (χ4n) is 3.65. The van der Waals surface area contributed by atoms with Crippen molar-refractivity contribution in [2.45, 2.75) is 31.0 Å². The third-order valence-electron chi connectivity index (χ3n) is 4.56. The minimum atomic E-state index is 0.616. The number of halogens is 3. The Labute approximate surface area is 132 Å². The van der Waals surface area contributed by atoms with Gasteiger partial charge in [0.15, 0.2) is 0 Å². The zero-order valence-electron chi connectivity index (χ0n) is 10.7. The highest BCUT2D eigenvalue weighted by Gasteiger charge is 2.39. The fourth-order valence-corrected chi connectivity index (χ4v) is 4.65. The van der Waals surface area contributed by atoms with Crippen molar-refractivity contribution < 1.29 is 4.74 Å².